The van der Waals surface area contributed by atoms with Crippen molar-refractivity contribution < 1.29 is 13.9 Å². The molecule has 0 bridgehead atoms. The molecule has 1 aromatic heterocycles. The van der Waals surface area contributed by atoms with E-state index >= 15 is 0 Å². The minimum Gasteiger partial charge on any atom is -0.455 e. The maximum atomic E-state index is 7.36. The first-order valence-electron chi connectivity index (χ1n) is 26.3. The van der Waals surface area contributed by atoms with Crippen LogP contribution in [0.4, 0.5) is 34.1 Å². The molecule has 0 N–H and O–H groups in total. The Bertz CT molecular complexity index is 4020. The van der Waals surface area contributed by atoms with Crippen molar-refractivity contribution in [2.24, 2.45) is 0 Å². The summed E-state index contributed by atoms with van der Waals surface area (Å²) in [5.41, 5.74) is 22.5. The molecule has 1 aliphatic heterocycles. The van der Waals surface area contributed by atoms with Gasteiger partial charge in [-0.25, -0.2) is 0 Å². The highest BCUT2D eigenvalue weighted by Gasteiger charge is 2.47. The zero-order chi connectivity index (χ0) is 52.0. The molecular formula is C71H58N2O3. The van der Waals surface area contributed by atoms with Gasteiger partial charge in [0.1, 0.15) is 11.2 Å². The Morgan fingerprint density at radius 2 is 0.763 bits per heavy atom. The number of benzene rings is 10. The van der Waals surface area contributed by atoms with Gasteiger partial charge in [0.25, 0.3) is 0 Å². The third-order valence-corrected chi connectivity index (χ3v) is 16.3. The lowest BCUT2D eigenvalue weighted by atomic mass is 9.63. The van der Waals surface area contributed by atoms with Gasteiger partial charge >= 0.3 is 0 Å². The molecule has 2 heterocycles. The highest BCUT2D eigenvalue weighted by atomic mass is 16.6. The van der Waals surface area contributed by atoms with Gasteiger partial charge in [0, 0.05) is 39.3 Å². The van der Waals surface area contributed by atoms with Crippen LogP contribution in [0.25, 0.3) is 34.1 Å². The van der Waals surface area contributed by atoms with Crippen molar-refractivity contribution in [3.63, 3.8) is 0 Å². The number of ether oxygens (including phenoxy) is 2. The zero-order valence-corrected chi connectivity index (χ0v) is 44.2. The van der Waals surface area contributed by atoms with Crippen molar-refractivity contribution in [1.29, 1.82) is 0 Å². The van der Waals surface area contributed by atoms with Gasteiger partial charge in [0.2, 0.25) is 0 Å². The molecule has 0 unspecified atom stereocenters. The van der Waals surface area contributed by atoms with Crippen molar-refractivity contribution in [3.8, 4) is 23.0 Å². The number of fused-ring (bicyclic) bond motifs is 9. The first-order chi connectivity index (χ1) is 37.0. The van der Waals surface area contributed by atoms with Crippen LogP contribution in [0.3, 0.4) is 0 Å². The van der Waals surface area contributed by atoms with Gasteiger partial charge in [-0.15, -0.1) is 0 Å². The van der Waals surface area contributed by atoms with Gasteiger partial charge in [-0.3, -0.25) is 0 Å². The third-order valence-electron chi connectivity index (χ3n) is 16.3. The lowest BCUT2D eigenvalue weighted by Crippen LogP contribution is -2.33. The second kappa shape index (κ2) is 18.1. The molecule has 0 atom stereocenters. The number of anilines is 6. The fourth-order valence-corrected chi connectivity index (χ4v) is 11.7. The molecule has 0 radical (unpaired) electrons. The Labute approximate surface area is 445 Å². The monoisotopic (exact) mass is 986 g/mol. The summed E-state index contributed by atoms with van der Waals surface area (Å²) >= 11 is 0. The largest absolute Gasteiger partial charge is 0.455 e. The van der Waals surface area contributed by atoms with E-state index in [1.807, 2.05) is 24.3 Å². The average Bonchev–Trinajstić information content (AvgIpc) is 3.99. The molecule has 1 aliphatic carbocycles. The first kappa shape index (κ1) is 46.7. The van der Waals surface area contributed by atoms with E-state index in [1.165, 1.54) is 44.5 Å². The Kier molecular flexibility index (Phi) is 11.1. The highest BCUT2D eigenvalue weighted by molar-refractivity contribution is 6.17. The Morgan fingerprint density at radius 1 is 0.355 bits per heavy atom. The summed E-state index contributed by atoms with van der Waals surface area (Å²) in [4.78, 5) is 4.81. The lowest BCUT2D eigenvalue weighted by Gasteiger charge is -2.41. The summed E-state index contributed by atoms with van der Waals surface area (Å²) in [6.07, 6.45) is 4.51. The number of hydrogen-bond acceptors (Lipinski definition) is 5. The molecule has 5 nitrogen and oxygen atoms in total. The zero-order valence-electron chi connectivity index (χ0n) is 44.2. The predicted molar refractivity (Wildman–Crippen MR) is 315 cm³/mol. The minimum absolute atomic E-state index is 0.629. The molecular weight excluding hydrogens is 929 g/mol. The standard InChI is InChI=1S/C71H58N2O3/c1-43-27-31-53(37-47(43)5)72(54-32-28-44(2)48(6)38-54)62-41-60-57(68-67(62)59-23-15-16-24-64(59)74-68)35-36-58-61(71(60,51-19-11-9-12-20-51)52-21-13-10-14-22-52)42-63(70-69(58)75-65-25-17-18-26-66(65)76-70)73(55-33-29-45(3)49(7)39-55)56-34-30-46(4)50(8)40-56/h9-42H,1-8H3. The fraction of sp³-hybridized carbons (Fsp3) is 0.127. The molecule has 76 heavy (non-hydrogen) atoms. The molecule has 10 aromatic carbocycles. The maximum Gasteiger partial charge on any atom is 0.194 e. The van der Waals surface area contributed by atoms with Gasteiger partial charge in [-0.2, -0.15) is 0 Å². The van der Waals surface area contributed by atoms with E-state index in [-0.39, 0.29) is 0 Å². The number of hydrogen-bond donors (Lipinski definition) is 0. The van der Waals surface area contributed by atoms with Gasteiger partial charge in [-0.1, -0.05) is 127 Å². The van der Waals surface area contributed by atoms with Crippen LogP contribution in [0.15, 0.2) is 199 Å². The van der Waals surface area contributed by atoms with E-state index < -0.39 is 5.41 Å². The quantitative estimate of drug-likeness (QED) is 0.152. The maximum absolute atomic E-state index is 7.36. The molecule has 5 heteroatoms. The first-order valence-corrected chi connectivity index (χ1v) is 26.3. The van der Waals surface area contributed by atoms with Crippen molar-refractivity contribution in [3.05, 3.63) is 272 Å². The molecule has 0 saturated carbocycles. The van der Waals surface area contributed by atoms with Crippen molar-refractivity contribution in [1.82, 2.24) is 0 Å². The molecule has 2 aliphatic rings. The van der Waals surface area contributed by atoms with Crippen LogP contribution >= 0.6 is 0 Å². The van der Waals surface area contributed by atoms with E-state index in [0.29, 0.717) is 23.0 Å². The molecule has 0 saturated heterocycles. The SMILES string of the molecule is Cc1ccc(N(c2ccc(C)c(C)c2)c2cc3c(c4c2Oc2ccccc2O4)C=Cc2c(cc(N(c4ccc(C)c(C)c4)c4ccc(C)c(C)c4)c4c2oc2ccccc24)C3(c2ccccc2)c2ccccc2)cc1C. The Morgan fingerprint density at radius 3 is 1.26 bits per heavy atom. The summed E-state index contributed by atoms with van der Waals surface area (Å²) in [7, 11) is 0. The third kappa shape index (κ3) is 7.36. The highest BCUT2D eigenvalue weighted by Crippen LogP contribution is 2.62. The summed E-state index contributed by atoms with van der Waals surface area (Å²) < 4.78 is 22.0. The number of furan rings is 1. The molecule has 370 valence electrons. The lowest BCUT2D eigenvalue weighted by molar-refractivity contribution is 0.359. The van der Waals surface area contributed by atoms with Crippen LogP contribution in [0.1, 0.15) is 77.9 Å². The second-order valence-corrected chi connectivity index (χ2v) is 20.9. The van der Waals surface area contributed by atoms with E-state index in [2.05, 4.69) is 247 Å². The summed E-state index contributed by atoms with van der Waals surface area (Å²) in [5.74, 6) is 2.57. The van der Waals surface area contributed by atoms with Crippen LogP contribution in [0.5, 0.6) is 23.0 Å². The summed E-state index contributed by atoms with van der Waals surface area (Å²) in [6, 6.07) is 70.5. The van der Waals surface area contributed by atoms with Crippen molar-refractivity contribution >= 4 is 68.2 Å². The molecule has 13 rings (SSSR count). The van der Waals surface area contributed by atoms with E-state index in [4.69, 9.17) is 13.9 Å². The van der Waals surface area contributed by atoms with Crippen LogP contribution < -0.4 is 19.3 Å². The van der Waals surface area contributed by atoms with Gasteiger partial charge < -0.3 is 23.7 Å². The second-order valence-electron chi connectivity index (χ2n) is 20.9. The van der Waals surface area contributed by atoms with Crippen LogP contribution in [0.2, 0.25) is 0 Å². The van der Waals surface area contributed by atoms with Gasteiger partial charge in [-0.05, 0) is 201 Å². The summed E-state index contributed by atoms with van der Waals surface area (Å²) in [5, 5.41) is 2.07. The predicted octanol–water partition coefficient (Wildman–Crippen LogP) is 19.8. The number of para-hydroxylation sites is 3. The topological polar surface area (TPSA) is 38.1 Å². The van der Waals surface area contributed by atoms with Crippen molar-refractivity contribution in [2.75, 3.05) is 9.80 Å². The van der Waals surface area contributed by atoms with E-state index in [0.717, 1.165) is 89.4 Å². The average molecular weight is 987 g/mol. The Balaban J connectivity index is 1.23. The molecule has 0 spiro atoms. The number of nitrogens with zero attached hydrogens (tertiary/aromatic N) is 2. The normalized spacial score (nSPS) is 13.0. The number of rotatable bonds is 8. The Hall–Kier alpha value is -9.06. The van der Waals surface area contributed by atoms with Crippen LogP contribution in [-0.2, 0) is 5.41 Å². The van der Waals surface area contributed by atoms with E-state index in [1.54, 1.807) is 0 Å². The van der Waals surface area contributed by atoms with Crippen molar-refractivity contribution in [2.45, 2.75) is 60.8 Å². The van der Waals surface area contributed by atoms with Crippen LogP contribution in [-0.4, -0.2) is 0 Å². The molecule has 11 aromatic rings. The molecule has 0 fully saturated rings. The fourth-order valence-electron chi connectivity index (χ4n) is 11.7. The summed E-state index contributed by atoms with van der Waals surface area (Å²) in [6.45, 7) is 17.5. The van der Waals surface area contributed by atoms with Crippen LogP contribution in [0, 0.1) is 55.4 Å². The van der Waals surface area contributed by atoms with Gasteiger partial charge in [0.05, 0.1) is 22.2 Å². The number of aryl methyl sites for hydroxylation is 8. The minimum atomic E-state index is -1.02. The van der Waals surface area contributed by atoms with E-state index in [9.17, 15) is 0 Å². The van der Waals surface area contributed by atoms with Gasteiger partial charge in [0.15, 0.2) is 23.0 Å². The molecule has 0 amide bonds. The smallest absolute Gasteiger partial charge is 0.194 e.